The second-order valence-electron chi connectivity index (χ2n) is 6.19. The number of hydrogen-bond donors (Lipinski definition) is 0. The van der Waals surface area contributed by atoms with Gasteiger partial charge in [0.1, 0.15) is 0 Å². The minimum atomic E-state index is -0.0421. The van der Waals surface area contributed by atoms with Gasteiger partial charge in [0.25, 0.3) is 0 Å². The van der Waals surface area contributed by atoms with E-state index in [1.807, 2.05) is 18.2 Å². The maximum atomic E-state index is 9.34. The molecule has 2 atom stereocenters. The summed E-state index contributed by atoms with van der Waals surface area (Å²) in [5.74, 6) is 0. The van der Waals surface area contributed by atoms with Crippen LogP contribution in [0.1, 0.15) is 38.2 Å². The molecule has 0 bridgehead atoms. The summed E-state index contributed by atoms with van der Waals surface area (Å²) in [6.45, 7) is 2.89. The quantitative estimate of drug-likeness (QED) is 0.761. The Morgan fingerprint density at radius 2 is 2.10 bits per heavy atom. The molecule has 0 spiro atoms. The van der Waals surface area contributed by atoms with Gasteiger partial charge in [-0.2, -0.15) is 5.26 Å². The zero-order chi connectivity index (χ0) is 14.7. The first-order valence-electron chi connectivity index (χ1n) is 7.68. The minimum Gasteiger partial charge on any atom is -0.373 e. The van der Waals surface area contributed by atoms with Crippen molar-refractivity contribution in [2.24, 2.45) is 5.41 Å². The highest BCUT2D eigenvalue weighted by molar-refractivity contribution is 5.42. The lowest BCUT2D eigenvalue weighted by Crippen LogP contribution is -2.33. The molecule has 1 saturated carbocycles. The number of nitrogens with zero attached hydrogens (tertiary/aromatic N) is 1. The fourth-order valence-electron chi connectivity index (χ4n) is 3.44. The number of nitriles is 1. The molecule has 0 radical (unpaired) electrons. The second-order valence-corrected chi connectivity index (χ2v) is 6.19. The standard InChI is InChI=1S/C19H21NO/c1-19-11-10-18(21-14-15-6-3-2-4-7-15)12-16(19)8-5-9-17(19)13-20/h2-4,6-9,18H,5,10-12,14H2,1H3/t18-,19-/m0/s1. The van der Waals surface area contributed by atoms with Gasteiger partial charge in [0.05, 0.1) is 18.8 Å². The van der Waals surface area contributed by atoms with E-state index in [-0.39, 0.29) is 11.5 Å². The van der Waals surface area contributed by atoms with Crippen molar-refractivity contribution in [3.05, 3.63) is 59.2 Å². The maximum absolute atomic E-state index is 9.34. The lowest BCUT2D eigenvalue weighted by atomic mass is 9.64. The molecular weight excluding hydrogens is 258 g/mol. The van der Waals surface area contributed by atoms with E-state index in [9.17, 15) is 5.26 Å². The molecule has 21 heavy (non-hydrogen) atoms. The van der Waals surface area contributed by atoms with E-state index in [0.29, 0.717) is 6.61 Å². The summed E-state index contributed by atoms with van der Waals surface area (Å²) >= 11 is 0. The van der Waals surface area contributed by atoms with Crippen molar-refractivity contribution < 1.29 is 4.74 Å². The summed E-state index contributed by atoms with van der Waals surface area (Å²) < 4.78 is 6.09. The van der Waals surface area contributed by atoms with E-state index >= 15 is 0 Å². The van der Waals surface area contributed by atoms with Crippen LogP contribution in [0.5, 0.6) is 0 Å². The van der Waals surface area contributed by atoms with Crippen molar-refractivity contribution in [2.75, 3.05) is 0 Å². The van der Waals surface area contributed by atoms with Crippen molar-refractivity contribution >= 4 is 0 Å². The molecule has 2 heteroatoms. The first kappa shape index (κ1) is 14.1. The van der Waals surface area contributed by atoms with Crippen molar-refractivity contribution in [2.45, 2.75) is 45.3 Å². The second kappa shape index (κ2) is 5.87. The third-order valence-electron chi connectivity index (χ3n) is 4.85. The third kappa shape index (κ3) is 2.80. The van der Waals surface area contributed by atoms with Gasteiger partial charge in [-0.25, -0.2) is 0 Å². The van der Waals surface area contributed by atoms with Crippen LogP contribution in [0.25, 0.3) is 0 Å². The number of ether oxygens (including phenoxy) is 1. The molecule has 0 amide bonds. The highest BCUT2D eigenvalue weighted by Gasteiger charge is 2.39. The van der Waals surface area contributed by atoms with Crippen LogP contribution in [-0.4, -0.2) is 6.10 Å². The molecular formula is C19H21NO. The van der Waals surface area contributed by atoms with Gasteiger partial charge in [-0.3, -0.25) is 0 Å². The van der Waals surface area contributed by atoms with Crippen molar-refractivity contribution in [3.8, 4) is 6.07 Å². The monoisotopic (exact) mass is 279 g/mol. The van der Waals surface area contributed by atoms with Crippen molar-refractivity contribution in [3.63, 3.8) is 0 Å². The number of fused-ring (bicyclic) bond motifs is 1. The van der Waals surface area contributed by atoms with Crippen LogP contribution >= 0.6 is 0 Å². The summed E-state index contributed by atoms with van der Waals surface area (Å²) in [5.41, 5.74) is 3.52. The van der Waals surface area contributed by atoms with Crippen LogP contribution in [0, 0.1) is 16.7 Å². The first-order chi connectivity index (χ1) is 10.2. The Morgan fingerprint density at radius 3 is 2.86 bits per heavy atom. The Bertz CT molecular complexity index is 608. The van der Waals surface area contributed by atoms with Crippen LogP contribution < -0.4 is 0 Å². The third-order valence-corrected chi connectivity index (χ3v) is 4.85. The van der Waals surface area contributed by atoms with Crippen LogP contribution in [0.2, 0.25) is 0 Å². The van der Waals surface area contributed by atoms with Crippen LogP contribution in [0.15, 0.2) is 53.6 Å². The van der Waals surface area contributed by atoms with E-state index in [4.69, 9.17) is 4.74 Å². The molecule has 2 aliphatic rings. The highest BCUT2D eigenvalue weighted by Crippen LogP contribution is 2.48. The molecule has 0 unspecified atom stereocenters. The van der Waals surface area contributed by atoms with Crippen molar-refractivity contribution in [1.29, 1.82) is 5.26 Å². The van der Waals surface area contributed by atoms with Crippen LogP contribution in [0.4, 0.5) is 0 Å². The van der Waals surface area contributed by atoms with E-state index in [1.165, 1.54) is 11.1 Å². The molecule has 0 aromatic heterocycles. The molecule has 1 fully saturated rings. The highest BCUT2D eigenvalue weighted by atomic mass is 16.5. The zero-order valence-electron chi connectivity index (χ0n) is 12.5. The Labute approximate surface area is 126 Å². The average Bonchev–Trinajstić information content (AvgIpc) is 2.53. The van der Waals surface area contributed by atoms with Gasteiger partial charge in [0.2, 0.25) is 0 Å². The zero-order valence-corrected chi connectivity index (χ0v) is 12.5. The SMILES string of the molecule is C[C@]12CC[C@H](OCc3ccccc3)CC1=CCC=C2C#N. The largest absolute Gasteiger partial charge is 0.373 e. The molecule has 0 aliphatic heterocycles. The molecule has 2 nitrogen and oxygen atoms in total. The molecule has 108 valence electrons. The molecule has 1 aromatic carbocycles. The molecule has 0 heterocycles. The summed E-state index contributed by atoms with van der Waals surface area (Å²) in [5, 5.41) is 9.34. The maximum Gasteiger partial charge on any atom is 0.0953 e. The molecule has 0 saturated heterocycles. The van der Waals surface area contributed by atoms with Gasteiger partial charge in [-0.15, -0.1) is 0 Å². The predicted molar refractivity (Wildman–Crippen MR) is 83.4 cm³/mol. The van der Waals surface area contributed by atoms with Crippen LogP contribution in [0.3, 0.4) is 0 Å². The Balaban J connectivity index is 1.64. The van der Waals surface area contributed by atoms with E-state index in [2.05, 4.69) is 37.3 Å². The number of hydrogen-bond acceptors (Lipinski definition) is 2. The van der Waals surface area contributed by atoms with Crippen LogP contribution in [-0.2, 0) is 11.3 Å². The van der Waals surface area contributed by atoms with E-state index < -0.39 is 0 Å². The van der Waals surface area contributed by atoms with Gasteiger partial charge in [-0.1, -0.05) is 55.0 Å². The fourth-order valence-corrected chi connectivity index (χ4v) is 3.44. The first-order valence-corrected chi connectivity index (χ1v) is 7.68. The lowest BCUT2D eigenvalue weighted by molar-refractivity contribution is 0.0155. The minimum absolute atomic E-state index is 0.0421. The predicted octanol–water partition coefficient (Wildman–Crippen LogP) is 4.54. The van der Waals surface area contributed by atoms with E-state index in [0.717, 1.165) is 31.3 Å². The Morgan fingerprint density at radius 1 is 1.29 bits per heavy atom. The summed E-state index contributed by atoms with van der Waals surface area (Å²) in [7, 11) is 0. The van der Waals surface area contributed by atoms with Gasteiger partial charge < -0.3 is 4.74 Å². The number of rotatable bonds is 3. The summed E-state index contributed by atoms with van der Waals surface area (Å²) in [6, 6.07) is 12.7. The Hall–Kier alpha value is -1.85. The number of allylic oxidation sites excluding steroid dienone is 3. The smallest absolute Gasteiger partial charge is 0.0953 e. The lowest BCUT2D eigenvalue weighted by Gasteiger charge is -2.41. The molecule has 1 aromatic rings. The van der Waals surface area contributed by atoms with Gasteiger partial charge in [-0.05, 0) is 31.2 Å². The topological polar surface area (TPSA) is 33.0 Å². The Kier molecular flexibility index (Phi) is 3.94. The van der Waals surface area contributed by atoms with E-state index in [1.54, 1.807) is 0 Å². The van der Waals surface area contributed by atoms with Gasteiger partial charge in [0, 0.05) is 11.0 Å². The van der Waals surface area contributed by atoms with Gasteiger partial charge in [0.15, 0.2) is 0 Å². The summed E-state index contributed by atoms with van der Waals surface area (Å²) in [6.07, 6.45) is 8.54. The van der Waals surface area contributed by atoms with Gasteiger partial charge >= 0.3 is 0 Å². The normalized spacial score (nSPS) is 28.1. The molecule has 0 N–H and O–H groups in total. The molecule has 3 rings (SSSR count). The fraction of sp³-hybridized carbons (Fsp3) is 0.421. The van der Waals surface area contributed by atoms with Crippen molar-refractivity contribution in [1.82, 2.24) is 0 Å². The summed E-state index contributed by atoms with van der Waals surface area (Å²) in [4.78, 5) is 0. The number of benzene rings is 1. The average molecular weight is 279 g/mol. The molecule has 2 aliphatic carbocycles.